The van der Waals surface area contributed by atoms with E-state index in [-0.39, 0.29) is 12.5 Å². The Morgan fingerprint density at radius 3 is 2.59 bits per heavy atom. The zero-order valence-corrected chi connectivity index (χ0v) is 19.2. The molecule has 0 aliphatic heterocycles. The Balaban J connectivity index is 1.46. The van der Waals surface area contributed by atoms with Crippen molar-refractivity contribution in [3.63, 3.8) is 0 Å². The van der Waals surface area contributed by atoms with Gasteiger partial charge in [-0.05, 0) is 48.9 Å². The molecule has 2 aromatic carbocycles. The topological polar surface area (TPSA) is 108 Å². The van der Waals surface area contributed by atoms with E-state index >= 15 is 0 Å². The standard InChI is InChI=1S/C24H26FN5O4/c1-16-26-22(28-30(16)15-17-6-4-7-20(14-17)32-13-5-12-31)23-27-21(29-34-23)18-8-10-19(11-9-18)33-24(2,3)25/h4,6-11,14,31H,5,12-13,15H2,1-3H3. The number of nitrogens with zero attached hydrogens (tertiary/aromatic N) is 5. The first-order valence-electron chi connectivity index (χ1n) is 10.9. The van der Waals surface area contributed by atoms with Crippen molar-refractivity contribution in [3.8, 4) is 34.6 Å². The quantitative estimate of drug-likeness (QED) is 0.346. The molecular formula is C24H26FN5O4. The maximum atomic E-state index is 13.7. The molecule has 2 aromatic heterocycles. The van der Waals surface area contributed by atoms with Crippen LogP contribution in [-0.2, 0) is 6.54 Å². The molecule has 0 fully saturated rings. The molecule has 0 saturated heterocycles. The fourth-order valence-electron chi connectivity index (χ4n) is 3.21. The number of hydrogen-bond donors (Lipinski definition) is 1. The Hall–Kier alpha value is -3.79. The summed E-state index contributed by atoms with van der Waals surface area (Å²) in [5, 5.41) is 17.4. The summed E-state index contributed by atoms with van der Waals surface area (Å²) in [5.41, 5.74) is 1.68. The van der Waals surface area contributed by atoms with E-state index in [1.165, 1.54) is 13.8 Å². The Bertz CT molecular complexity index is 1230. The molecule has 2 heterocycles. The molecule has 0 saturated carbocycles. The van der Waals surface area contributed by atoms with E-state index in [1.54, 1.807) is 28.9 Å². The van der Waals surface area contributed by atoms with Gasteiger partial charge in [-0.15, -0.1) is 5.10 Å². The molecule has 0 amide bonds. The molecule has 178 valence electrons. The minimum atomic E-state index is -1.77. The van der Waals surface area contributed by atoms with Gasteiger partial charge in [0.2, 0.25) is 17.5 Å². The fraction of sp³-hybridized carbons (Fsp3) is 0.333. The molecule has 0 aliphatic carbocycles. The Labute approximate surface area is 196 Å². The van der Waals surface area contributed by atoms with Crippen molar-refractivity contribution >= 4 is 0 Å². The maximum absolute atomic E-state index is 13.7. The minimum Gasteiger partial charge on any atom is -0.493 e. The molecule has 1 N–H and O–H groups in total. The highest BCUT2D eigenvalue weighted by Gasteiger charge is 2.19. The third kappa shape index (κ3) is 5.96. The lowest BCUT2D eigenvalue weighted by Crippen LogP contribution is -2.20. The number of aliphatic hydroxyl groups excluding tert-OH is 1. The first-order valence-corrected chi connectivity index (χ1v) is 10.9. The summed E-state index contributed by atoms with van der Waals surface area (Å²) in [4.78, 5) is 8.86. The Morgan fingerprint density at radius 2 is 1.85 bits per heavy atom. The Morgan fingerprint density at radius 1 is 1.06 bits per heavy atom. The van der Waals surface area contributed by atoms with E-state index < -0.39 is 5.85 Å². The van der Waals surface area contributed by atoms with Crippen molar-refractivity contribution in [1.29, 1.82) is 0 Å². The van der Waals surface area contributed by atoms with Crippen LogP contribution in [0.3, 0.4) is 0 Å². The number of hydrogen-bond acceptors (Lipinski definition) is 8. The third-order valence-electron chi connectivity index (χ3n) is 4.75. The van der Waals surface area contributed by atoms with Crippen molar-refractivity contribution in [2.24, 2.45) is 0 Å². The van der Waals surface area contributed by atoms with Crippen LogP contribution in [0.2, 0.25) is 0 Å². The normalized spacial score (nSPS) is 11.6. The Kier molecular flexibility index (Phi) is 6.87. The predicted molar refractivity (Wildman–Crippen MR) is 122 cm³/mol. The van der Waals surface area contributed by atoms with Crippen molar-refractivity contribution in [2.45, 2.75) is 39.6 Å². The van der Waals surface area contributed by atoms with Crippen LogP contribution in [0.1, 0.15) is 31.7 Å². The largest absolute Gasteiger partial charge is 0.493 e. The van der Waals surface area contributed by atoms with Gasteiger partial charge in [0, 0.05) is 32.4 Å². The molecule has 10 heteroatoms. The van der Waals surface area contributed by atoms with Gasteiger partial charge in [-0.25, -0.2) is 9.67 Å². The van der Waals surface area contributed by atoms with Crippen LogP contribution in [0.25, 0.3) is 23.1 Å². The average molecular weight is 468 g/mol. The zero-order valence-electron chi connectivity index (χ0n) is 19.2. The van der Waals surface area contributed by atoms with Gasteiger partial charge in [0.1, 0.15) is 17.3 Å². The number of aromatic nitrogens is 5. The summed E-state index contributed by atoms with van der Waals surface area (Å²) in [6, 6.07) is 14.4. The summed E-state index contributed by atoms with van der Waals surface area (Å²) >= 11 is 0. The highest BCUT2D eigenvalue weighted by atomic mass is 19.2. The molecular weight excluding hydrogens is 441 g/mol. The molecule has 0 spiro atoms. The lowest BCUT2D eigenvalue weighted by atomic mass is 10.2. The van der Waals surface area contributed by atoms with Crippen LogP contribution in [0, 0.1) is 6.92 Å². The smallest absolute Gasteiger partial charge is 0.297 e. The molecule has 4 aromatic rings. The molecule has 0 radical (unpaired) electrons. The van der Waals surface area contributed by atoms with E-state index in [0.717, 1.165) is 11.3 Å². The molecule has 9 nitrogen and oxygen atoms in total. The number of halogens is 1. The lowest BCUT2D eigenvalue weighted by molar-refractivity contribution is -0.0256. The van der Waals surface area contributed by atoms with Crippen molar-refractivity contribution < 1.29 is 23.5 Å². The molecule has 0 bridgehead atoms. The van der Waals surface area contributed by atoms with Gasteiger partial charge in [0.15, 0.2) is 0 Å². The second-order valence-electron chi connectivity index (χ2n) is 8.13. The van der Waals surface area contributed by atoms with Gasteiger partial charge in [0.05, 0.1) is 13.2 Å². The van der Waals surface area contributed by atoms with E-state index in [1.807, 2.05) is 31.2 Å². The van der Waals surface area contributed by atoms with Gasteiger partial charge in [-0.2, -0.15) is 9.37 Å². The van der Waals surface area contributed by atoms with Crippen LogP contribution in [0.15, 0.2) is 53.1 Å². The highest BCUT2D eigenvalue weighted by molar-refractivity contribution is 5.57. The first-order chi connectivity index (χ1) is 16.3. The van der Waals surface area contributed by atoms with Crippen LogP contribution in [-0.4, -0.2) is 49.1 Å². The predicted octanol–water partition coefficient (Wildman–Crippen LogP) is 4.20. The minimum absolute atomic E-state index is 0.0925. The van der Waals surface area contributed by atoms with Crippen LogP contribution >= 0.6 is 0 Å². The van der Waals surface area contributed by atoms with E-state index in [4.69, 9.17) is 19.1 Å². The summed E-state index contributed by atoms with van der Waals surface area (Å²) in [5.74, 6) is 0.946. The number of benzene rings is 2. The van der Waals surface area contributed by atoms with Crippen molar-refractivity contribution in [2.75, 3.05) is 13.2 Å². The van der Waals surface area contributed by atoms with Crippen LogP contribution in [0.4, 0.5) is 4.39 Å². The van der Waals surface area contributed by atoms with Gasteiger partial charge in [0.25, 0.3) is 5.89 Å². The SMILES string of the molecule is Cc1nc(-c2nc(-c3ccc(OC(C)(C)F)cc3)no2)nn1Cc1cccc(OCCCO)c1. The first kappa shape index (κ1) is 23.4. The van der Waals surface area contributed by atoms with Gasteiger partial charge >= 0.3 is 0 Å². The summed E-state index contributed by atoms with van der Waals surface area (Å²) < 4.78 is 31.6. The fourth-order valence-corrected chi connectivity index (χ4v) is 3.21. The summed E-state index contributed by atoms with van der Waals surface area (Å²) in [6.45, 7) is 5.56. The van der Waals surface area contributed by atoms with Gasteiger partial charge < -0.3 is 19.1 Å². The van der Waals surface area contributed by atoms with Crippen LogP contribution in [0.5, 0.6) is 11.5 Å². The lowest BCUT2D eigenvalue weighted by Gasteiger charge is -2.16. The second kappa shape index (κ2) is 10.0. The maximum Gasteiger partial charge on any atom is 0.297 e. The molecule has 0 aliphatic rings. The number of rotatable bonds is 10. The van der Waals surface area contributed by atoms with Gasteiger partial charge in [-0.3, -0.25) is 0 Å². The van der Waals surface area contributed by atoms with Crippen molar-refractivity contribution in [1.82, 2.24) is 24.9 Å². The van der Waals surface area contributed by atoms with Crippen molar-refractivity contribution in [3.05, 3.63) is 59.9 Å². The number of aliphatic hydroxyl groups is 1. The van der Waals surface area contributed by atoms with E-state index in [2.05, 4.69) is 20.2 Å². The second-order valence-corrected chi connectivity index (χ2v) is 8.13. The molecule has 4 rings (SSSR count). The molecule has 0 unspecified atom stereocenters. The highest BCUT2D eigenvalue weighted by Crippen LogP contribution is 2.25. The third-order valence-corrected chi connectivity index (χ3v) is 4.75. The van der Waals surface area contributed by atoms with E-state index in [9.17, 15) is 4.39 Å². The number of ether oxygens (including phenoxy) is 2. The number of alkyl halides is 1. The monoisotopic (exact) mass is 467 g/mol. The summed E-state index contributed by atoms with van der Waals surface area (Å²) in [7, 11) is 0. The van der Waals surface area contributed by atoms with Crippen LogP contribution < -0.4 is 9.47 Å². The molecule has 34 heavy (non-hydrogen) atoms. The number of aryl methyl sites for hydroxylation is 1. The van der Waals surface area contributed by atoms with E-state index in [0.29, 0.717) is 48.4 Å². The zero-order chi connectivity index (χ0) is 24.1. The molecule has 0 atom stereocenters. The average Bonchev–Trinajstić information content (AvgIpc) is 3.41. The summed E-state index contributed by atoms with van der Waals surface area (Å²) in [6.07, 6.45) is 0.579. The van der Waals surface area contributed by atoms with Gasteiger partial charge in [-0.1, -0.05) is 17.3 Å².